The number of methoxy groups -OCH3 is 1. The fourth-order valence-corrected chi connectivity index (χ4v) is 3.01. The normalized spacial score (nSPS) is 12.3. The van der Waals surface area contributed by atoms with E-state index in [-0.39, 0.29) is 0 Å². The summed E-state index contributed by atoms with van der Waals surface area (Å²) in [5, 5.41) is 4.89. The second kappa shape index (κ2) is 9.80. The van der Waals surface area contributed by atoms with Gasteiger partial charge in [-0.05, 0) is 66.8 Å². The lowest BCUT2D eigenvalue weighted by Crippen LogP contribution is -2.33. The number of carbonyl (C=O) groups excluding carboxylic acids is 1. The lowest BCUT2D eigenvalue weighted by Gasteiger charge is -2.15. The molecule has 0 fully saturated rings. The highest BCUT2D eigenvalue weighted by Gasteiger charge is 2.16. The summed E-state index contributed by atoms with van der Waals surface area (Å²) in [6.45, 7) is 7.77. The first kappa shape index (κ1) is 22.1. The van der Waals surface area contributed by atoms with E-state index in [0.29, 0.717) is 21.7 Å². The maximum atomic E-state index is 12.2. The van der Waals surface area contributed by atoms with Crippen molar-refractivity contribution in [3.05, 3.63) is 57.1 Å². The second-order valence-corrected chi connectivity index (χ2v) is 7.52. The molecular formula is C21H24Cl2N2O3. The molecule has 0 saturated heterocycles. The Bertz CT molecular complexity index is 882. The number of carbonyl (C=O) groups is 1. The van der Waals surface area contributed by atoms with Crippen LogP contribution in [-0.2, 0) is 4.79 Å². The zero-order valence-electron chi connectivity index (χ0n) is 16.5. The van der Waals surface area contributed by atoms with Gasteiger partial charge in [-0.1, -0.05) is 37.0 Å². The molecule has 1 amide bonds. The molecule has 0 aliphatic rings. The number of aryl methyl sites for hydroxylation is 1. The van der Waals surface area contributed by atoms with Crippen molar-refractivity contribution in [2.45, 2.75) is 39.7 Å². The predicted octanol–water partition coefficient (Wildman–Crippen LogP) is 5.35. The maximum Gasteiger partial charge on any atom is 0.280 e. The Hall–Kier alpha value is -2.24. The van der Waals surface area contributed by atoms with Gasteiger partial charge in [0.2, 0.25) is 0 Å². The van der Waals surface area contributed by atoms with E-state index in [0.717, 1.165) is 22.4 Å². The van der Waals surface area contributed by atoms with Crippen LogP contribution in [0.15, 0.2) is 35.4 Å². The molecule has 7 heteroatoms. The van der Waals surface area contributed by atoms with Crippen LogP contribution in [0.25, 0.3) is 0 Å². The second-order valence-electron chi connectivity index (χ2n) is 6.67. The van der Waals surface area contributed by atoms with Crippen molar-refractivity contribution in [1.29, 1.82) is 0 Å². The summed E-state index contributed by atoms with van der Waals surface area (Å²) in [6, 6.07) is 8.80. The molecule has 0 radical (unpaired) electrons. The summed E-state index contributed by atoms with van der Waals surface area (Å²) in [5.74, 6) is 1.13. The van der Waals surface area contributed by atoms with Crippen molar-refractivity contribution in [2.24, 2.45) is 5.10 Å². The Morgan fingerprint density at radius 1 is 1.14 bits per heavy atom. The molecule has 0 aliphatic carbocycles. The van der Waals surface area contributed by atoms with E-state index in [1.54, 1.807) is 38.4 Å². The van der Waals surface area contributed by atoms with E-state index in [9.17, 15) is 4.79 Å². The van der Waals surface area contributed by atoms with Crippen LogP contribution in [0.5, 0.6) is 11.5 Å². The predicted molar refractivity (Wildman–Crippen MR) is 114 cm³/mol. The van der Waals surface area contributed by atoms with Crippen LogP contribution >= 0.6 is 23.2 Å². The molecule has 0 spiro atoms. The average Bonchev–Trinajstić information content (AvgIpc) is 2.64. The number of hydrazone groups is 1. The van der Waals surface area contributed by atoms with Gasteiger partial charge in [-0.2, -0.15) is 5.10 Å². The number of benzene rings is 2. The van der Waals surface area contributed by atoms with E-state index in [2.05, 4.69) is 24.4 Å². The molecule has 28 heavy (non-hydrogen) atoms. The average molecular weight is 423 g/mol. The van der Waals surface area contributed by atoms with Gasteiger partial charge in [0.1, 0.15) is 11.5 Å². The van der Waals surface area contributed by atoms with Gasteiger partial charge in [-0.3, -0.25) is 4.79 Å². The van der Waals surface area contributed by atoms with Gasteiger partial charge in [0.25, 0.3) is 5.91 Å². The zero-order valence-corrected chi connectivity index (χ0v) is 18.1. The molecule has 0 heterocycles. The smallest absolute Gasteiger partial charge is 0.280 e. The number of nitrogens with zero attached hydrogens (tertiary/aromatic N) is 1. The first-order valence-corrected chi connectivity index (χ1v) is 9.61. The topological polar surface area (TPSA) is 59.9 Å². The number of amides is 1. The van der Waals surface area contributed by atoms with E-state index in [4.69, 9.17) is 32.7 Å². The van der Waals surface area contributed by atoms with Crippen molar-refractivity contribution in [1.82, 2.24) is 5.43 Å². The Morgan fingerprint density at radius 3 is 2.46 bits per heavy atom. The Kier molecular flexibility index (Phi) is 7.72. The summed E-state index contributed by atoms with van der Waals surface area (Å²) in [5.41, 5.74) is 5.47. The van der Waals surface area contributed by atoms with E-state index in [1.807, 2.05) is 19.1 Å². The molecule has 1 N–H and O–H groups in total. The molecule has 5 nitrogen and oxygen atoms in total. The quantitative estimate of drug-likeness (QED) is 0.482. The molecule has 2 aromatic carbocycles. The van der Waals surface area contributed by atoms with E-state index >= 15 is 0 Å². The summed E-state index contributed by atoms with van der Waals surface area (Å²) < 4.78 is 11.0. The van der Waals surface area contributed by atoms with E-state index in [1.165, 1.54) is 0 Å². The molecule has 0 bridgehead atoms. The molecular weight excluding hydrogens is 399 g/mol. The van der Waals surface area contributed by atoms with Gasteiger partial charge in [0.05, 0.1) is 18.3 Å². The van der Waals surface area contributed by atoms with Gasteiger partial charge >= 0.3 is 0 Å². The van der Waals surface area contributed by atoms with Crippen LogP contribution in [-0.4, -0.2) is 25.3 Å². The zero-order chi connectivity index (χ0) is 20.8. The SMILES string of the molecule is COc1cc(C)c(/C=N\NC(=O)[C@@H](C)Oc2ccc(Cl)cc2Cl)cc1C(C)C. The van der Waals surface area contributed by atoms with Crippen LogP contribution in [0.2, 0.25) is 10.0 Å². The third kappa shape index (κ3) is 5.63. The Balaban J connectivity index is 2.05. The lowest BCUT2D eigenvalue weighted by atomic mass is 9.97. The first-order valence-electron chi connectivity index (χ1n) is 8.86. The summed E-state index contributed by atoms with van der Waals surface area (Å²) >= 11 is 11.9. The standard InChI is InChI=1S/C21H24Cl2N2O3/c1-12(2)17-9-15(13(3)8-20(17)27-5)11-24-25-21(26)14(4)28-19-7-6-16(22)10-18(19)23/h6-12,14H,1-5H3,(H,25,26)/b24-11-/t14-/m1/s1. The number of nitrogens with one attached hydrogen (secondary N) is 1. The third-order valence-electron chi connectivity index (χ3n) is 4.19. The molecule has 0 unspecified atom stereocenters. The maximum absolute atomic E-state index is 12.2. The molecule has 0 aliphatic heterocycles. The van der Waals surface area contributed by atoms with Gasteiger partial charge in [0.15, 0.2) is 6.10 Å². The molecule has 1 atom stereocenters. The highest BCUT2D eigenvalue weighted by Crippen LogP contribution is 2.29. The minimum atomic E-state index is -0.779. The fraction of sp³-hybridized carbons (Fsp3) is 0.333. The molecule has 0 aromatic heterocycles. The fourth-order valence-electron chi connectivity index (χ4n) is 2.55. The number of rotatable bonds is 7. The van der Waals surface area contributed by atoms with Crippen molar-refractivity contribution in [2.75, 3.05) is 7.11 Å². The highest BCUT2D eigenvalue weighted by atomic mass is 35.5. The van der Waals surface area contributed by atoms with Crippen molar-refractivity contribution < 1.29 is 14.3 Å². The number of hydrogen-bond acceptors (Lipinski definition) is 4. The van der Waals surface area contributed by atoms with Crippen LogP contribution in [0.1, 0.15) is 43.4 Å². The molecule has 0 saturated carbocycles. The molecule has 2 rings (SSSR count). The van der Waals surface area contributed by atoms with Gasteiger partial charge in [0, 0.05) is 5.02 Å². The summed E-state index contributed by atoms with van der Waals surface area (Å²) in [7, 11) is 1.66. The number of ether oxygens (including phenoxy) is 2. The first-order chi connectivity index (χ1) is 13.2. The Morgan fingerprint density at radius 2 is 1.86 bits per heavy atom. The molecule has 150 valence electrons. The molecule has 2 aromatic rings. The minimum Gasteiger partial charge on any atom is -0.496 e. The van der Waals surface area contributed by atoms with Crippen molar-refractivity contribution in [3.63, 3.8) is 0 Å². The third-order valence-corrected chi connectivity index (χ3v) is 4.72. The number of hydrogen-bond donors (Lipinski definition) is 1. The van der Waals surface area contributed by atoms with Gasteiger partial charge in [-0.25, -0.2) is 5.43 Å². The number of halogens is 2. The lowest BCUT2D eigenvalue weighted by molar-refractivity contribution is -0.127. The Labute approximate surface area is 175 Å². The monoisotopic (exact) mass is 422 g/mol. The summed E-state index contributed by atoms with van der Waals surface area (Å²) in [4.78, 5) is 12.2. The van der Waals surface area contributed by atoms with Crippen molar-refractivity contribution in [3.8, 4) is 11.5 Å². The summed E-state index contributed by atoms with van der Waals surface area (Å²) in [6.07, 6.45) is 0.833. The van der Waals surface area contributed by atoms with Gasteiger partial charge < -0.3 is 9.47 Å². The van der Waals surface area contributed by atoms with Crippen LogP contribution in [0.4, 0.5) is 0 Å². The highest BCUT2D eigenvalue weighted by molar-refractivity contribution is 6.35. The largest absolute Gasteiger partial charge is 0.496 e. The minimum absolute atomic E-state index is 0.301. The van der Waals surface area contributed by atoms with E-state index < -0.39 is 12.0 Å². The van der Waals surface area contributed by atoms with Crippen LogP contribution in [0, 0.1) is 6.92 Å². The van der Waals surface area contributed by atoms with Crippen molar-refractivity contribution >= 4 is 35.3 Å². The van der Waals surface area contributed by atoms with Gasteiger partial charge in [-0.15, -0.1) is 0 Å². The van der Waals surface area contributed by atoms with Crippen LogP contribution in [0.3, 0.4) is 0 Å². The van der Waals surface area contributed by atoms with Crippen LogP contribution < -0.4 is 14.9 Å².